The van der Waals surface area contributed by atoms with Crippen molar-refractivity contribution >= 4 is 34.2 Å². The Hall–Kier alpha value is -2.96. The molecule has 178 valence electrons. The van der Waals surface area contributed by atoms with Crippen LogP contribution in [0, 0.1) is 6.92 Å². The van der Waals surface area contributed by atoms with Crippen molar-refractivity contribution in [2.45, 2.75) is 52.1 Å². The number of benzene rings is 2. The number of nitrogens with zero attached hydrogens (tertiary/aromatic N) is 1. The van der Waals surface area contributed by atoms with Crippen LogP contribution < -0.4 is 10.1 Å². The molecule has 0 saturated carbocycles. The van der Waals surface area contributed by atoms with Crippen molar-refractivity contribution in [2.75, 3.05) is 13.2 Å². The molecule has 1 aliphatic heterocycles. The molecule has 7 heteroatoms. The summed E-state index contributed by atoms with van der Waals surface area (Å²) in [6.07, 6.45) is 5.42. The quantitative estimate of drug-likeness (QED) is 0.418. The van der Waals surface area contributed by atoms with Crippen LogP contribution in [0.4, 0.5) is 0 Å². The van der Waals surface area contributed by atoms with Crippen LogP contribution in [-0.2, 0) is 16.0 Å². The number of amides is 1. The van der Waals surface area contributed by atoms with E-state index in [4.69, 9.17) is 21.1 Å². The first kappa shape index (κ1) is 24.2. The van der Waals surface area contributed by atoms with Gasteiger partial charge in [-0.1, -0.05) is 24.6 Å². The topological polar surface area (TPSA) is 77.5 Å². The predicted octanol–water partition coefficient (Wildman–Crippen LogP) is 5.81. The van der Waals surface area contributed by atoms with E-state index in [9.17, 15) is 9.59 Å². The van der Waals surface area contributed by atoms with E-state index in [1.807, 2.05) is 32.0 Å². The molecular weight excluding hydrogens is 452 g/mol. The number of aryl methyl sites for hydroxylation is 1. The fraction of sp³-hybridized carbons (Fsp3) is 0.370. The van der Waals surface area contributed by atoms with Gasteiger partial charge in [-0.15, -0.1) is 0 Å². The molecule has 0 bridgehead atoms. The van der Waals surface area contributed by atoms with Gasteiger partial charge in [0.15, 0.2) is 0 Å². The number of ketones is 1. The maximum absolute atomic E-state index is 12.9. The first-order chi connectivity index (χ1) is 16.4. The number of pyridine rings is 1. The largest absolute Gasteiger partial charge is 0.457 e. The molecule has 1 saturated heterocycles. The van der Waals surface area contributed by atoms with Crippen molar-refractivity contribution in [1.82, 2.24) is 10.3 Å². The second-order valence-corrected chi connectivity index (χ2v) is 9.07. The third-order valence-electron chi connectivity index (χ3n) is 5.98. The number of Topliss-reactive ketones (excluding diaryl/α,β-unsaturated/α-hetero) is 1. The zero-order chi connectivity index (χ0) is 24.1. The van der Waals surface area contributed by atoms with Crippen LogP contribution in [-0.4, -0.2) is 35.9 Å². The highest BCUT2D eigenvalue weighted by Gasteiger charge is 2.19. The average molecular weight is 481 g/mol. The van der Waals surface area contributed by atoms with E-state index >= 15 is 0 Å². The van der Waals surface area contributed by atoms with Crippen LogP contribution in [0.1, 0.15) is 54.1 Å². The van der Waals surface area contributed by atoms with E-state index in [2.05, 4.69) is 10.3 Å². The highest BCUT2D eigenvalue weighted by atomic mass is 35.5. The number of aromatic nitrogens is 1. The van der Waals surface area contributed by atoms with E-state index in [1.54, 1.807) is 24.4 Å². The third kappa shape index (κ3) is 5.75. The van der Waals surface area contributed by atoms with Gasteiger partial charge in [0.25, 0.3) is 5.91 Å². The summed E-state index contributed by atoms with van der Waals surface area (Å²) in [4.78, 5) is 29.3. The average Bonchev–Trinajstić information content (AvgIpc) is 3.33. The Morgan fingerprint density at radius 3 is 2.82 bits per heavy atom. The number of nitrogens with one attached hydrogen (secondary N) is 1. The van der Waals surface area contributed by atoms with Gasteiger partial charge in [0.05, 0.1) is 11.6 Å². The van der Waals surface area contributed by atoms with Gasteiger partial charge in [-0.2, -0.15) is 0 Å². The number of fused-ring (bicyclic) bond motifs is 1. The first-order valence-corrected chi connectivity index (χ1v) is 12.1. The molecule has 0 aliphatic carbocycles. The number of carbonyl (C=O) groups is 2. The van der Waals surface area contributed by atoms with Gasteiger partial charge >= 0.3 is 0 Å². The van der Waals surface area contributed by atoms with E-state index in [1.165, 1.54) is 0 Å². The summed E-state index contributed by atoms with van der Waals surface area (Å²) in [7, 11) is 0. The van der Waals surface area contributed by atoms with Gasteiger partial charge in [-0.05, 0) is 67.6 Å². The summed E-state index contributed by atoms with van der Waals surface area (Å²) >= 11 is 6.43. The van der Waals surface area contributed by atoms with E-state index < -0.39 is 0 Å². The molecule has 1 aromatic heterocycles. The summed E-state index contributed by atoms with van der Waals surface area (Å²) in [5.41, 5.74) is 2.93. The number of hydrogen-bond acceptors (Lipinski definition) is 5. The number of rotatable bonds is 9. The Kier molecular flexibility index (Phi) is 7.80. The van der Waals surface area contributed by atoms with Crippen molar-refractivity contribution in [3.05, 3.63) is 64.3 Å². The summed E-state index contributed by atoms with van der Waals surface area (Å²) in [5.74, 6) is 1.14. The lowest BCUT2D eigenvalue weighted by Crippen LogP contribution is -2.32. The second-order valence-electron chi connectivity index (χ2n) is 8.66. The molecule has 0 unspecified atom stereocenters. The minimum Gasteiger partial charge on any atom is -0.457 e. The summed E-state index contributed by atoms with van der Waals surface area (Å²) < 4.78 is 11.7. The van der Waals surface area contributed by atoms with Crippen LogP contribution in [0.15, 0.2) is 42.6 Å². The van der Waals surface area contributed by atoms with Gasteiger partial charge < -0.3 is 14.8 Å². The Labute approximate surface area is 204 Å². The summed E-state index contributed by atoms with van der Waals surface area (Å²) in [6, 6.07) is 10.8. The van der Waals surface area contributed by atoms with E-state index in [-0.39, 0.29) is 17.8 Å². The van der Waals surface area contributed by atoms with Crippen LogP contribution in [0.2, 0.25) is 5.02 Å². The standard InChI is InChI=1S/C27H29ClN2O4/c1-3-5-19(31)13-18-7-8-20(14-24(18)28)34-26-9-10-29-25-12-17(2)22(15-23(25)26)27(32)30-16-21-6-4-11-33-21/h7-10,12,14-15,21H,3-6,11,13,16H2,1-2H3,(H,30,32)/t21-/m1/s1. The zero-order valence-corrected chi connectivity index (χ0v) is 20.3. The lowest BCUT2D eigenvalue weighted by atomic mass is 10.0. The monoisotopic (exact) mass is 480 g/mol. The maximum atomic E-state index is 12.9. The molecule has 1 atom stereocenters. The minimum absolute atomic E-state index is 0.0789. The fourth-order valence-corrected chi connectivity index (χ4v) is 4.39. The molecule has 0 radical (unpaired) electrons. The highest BCUT2D eigenvalue weighted by molar-refractivity contribution is 6.31. The Bertz CT molecular complexity index is 1200. The normalized spacial score (nSPS) is 15.4. The molecule has 3 aromatic rings. The Morgan fingerprint density at radius 1 is 1.24 bits per heavy atom. The van der Waals surface area contributed by atoms with Crippen molar-refractivity contribution in [3.63, 3.8) is 0 Å². The van der Waals surface area contributed by atoms with Gasteiger partial charge in [0.2, 0.25) is 0 Å². The fourth-order valence-electron chi connectivity index (χ4n) is 4.15. The second kappa shape index (κ2) is 11.0. The number of halogens is 1. The van der Waals surface area contributed by atoms with Crippen molar-refractivity contribution < 1.29 is 19.1 Å². The van der Waals surface area contributed by atoms with Crippen LogP contribution in [0.3, 0.4) is 0 Å². The highest BCUT2D eigenvalue weighted by Crippen LogP contribution is 2.33. The molecule has 34 heavy (non-hydrogen) atoms. The van der Waals surface area contributed by atoms with E-state index in [0.29, 0.717) is 41.5 Å². The van der Waals surface area contributed by atoms with Crippen LogP contribution >= 0.6 is 11.6 Å². The van der Waals surface area contributed by atoms with Gasteiger partial charge in [0, 0.05) is 48.2 Å². The van der Waals surface area contributed by atoms with Gasteiger partial charge in [-0.25, -0.2) is 0 Å². The van der Waals surface area contributed by atoms with Crippen molar-refractivity contribution in [2.24, 2.45) is 0 Å². The Balaban J connectivity index is 1.55. The molecule has 4 rings (SSSR count). The molecule has 2 heterocycles. The molecule has 1 fully saturated rings. The maximum Gasteiger partial charge on any atom is 0.251 e. The van der Waals surface area contributed by atoms with Crippen LogP contribution in [0.5, 0.6) is 11.5 Å². The number of hydrogen-bond donors (Lipinski definition) is 1. The van der Waals surface area contributed by atoms with Crippen molar-refractivity contribution in [3.8, 4) is 11.5 Å². The molecule has 6 nitrogen and oxygen atoms in total. The van der Waals surface area contributed by atoms with Gasteiger partial charge in [-0.3, -0.25) is 14.6 Å². The molecule has 2 aromatic carbocycles. The smallest absolute Gasteiger partial charge is 0.251 e. The SMILES string of the molecule is CCCC(=O)Cc1ccc(Oc2ccnc3cc(C)c(C(=O)NC[C@H]4CCCO4)cc23)cc1Cl. The number of carbonyl (C=O) groups excluding carboxylic acids is 2. The molecule has 1 aliphatic rings. The number of ether oxygens (including phenoxy) is 2. The predicted molar refractivity (Wildman–Crippen MR) is 133 cm³/mol. The van der Waals surface area contributed by atoms with Crippen LogP contribution in [0.25, 0.3) is 10.9 Å². The molecule has 1 N–H and O–H groups in total. The third-order valence-corrected chi connectivity index (χ3v) is 6.33. The molecule has 0 spiro atoms. The summed E-state index contributed by atoms with van der Waals surface area (Å²) in [6.45, 7) is 5.13. The minimum atomic E-state index is -0.145. The lowest BCUT2D eigenvalue weighted by Gasteiger charge is -2.14. The van der Waals surface area contributed by atoms with Gasteiger partial charge in [0.1, 0.15) is 17.3 Å². The first-order valence-electron chi connectivity index (χ1n) is 11.7. The zero-order valence-electron chi connectivity index (χ0n) is 19.5. The van der Waals surface area contributed by atoms with Crippen molar-refractivity contribution in [1.29, 1.82) is 0 Å². The molecular formula is C27H29ClN2O4. The summed E-state index contributed by atoms with van der Waals surface area (Å²) in [5, 5.41) is 4.20. The lowest BCUT2D eigenvalue weighted by molar-refractivity contribution is -0.118. The Morgan fingerprint density at radius 2 is 2.09 bits per heavy atom. The molecule has 1 amide bonds. The van der Waals surface area contributed by atoms with E-state index in [0.717, 1.165) is 47.9 Å².